The molecular formula is C16H23ClN2O2. The molecule has 1 saturated heterocycles. The molecule has 1 aliphatic heterocycles. The second-order valence-corrected chi connectivity index (χ2v) is 5.77. The number of carbonyl (C=O) groups excluding carboxylic acids is 1. The van der Waals surface area contributed by atoms with Crippen molar-refractivity contribution >= 4 is 17.5 Å². The van der Waals surface area contributed by atoms with Gasteiger partial charge < -0.3 is 9.64 Å². The SMILES string of the molecule is CCOC(C)CN1C(=O)C(CC)NC1c1ccc(Cl)cc1. The van der Waals surface area contributed by atoms with Gasteiger partial charge in [-0.15, -0.1) is 0 Å². The van der Waals surface area contributed by atoms with Crippen LogP contribution in [0.15, 0.2) is 24.3 Å². The molecule has 116 valence electrons. The van der Waals surface area contributed by atoms with E-state index in [0.29, 0.717) is 18.2 Å². The lowest BCUT2D eigenvalue weighted by molar-refractivity contribution is -0.132. The topological polar surface area (TPSA) is 41.6 Å². The van der Waals surface area contributed by atoms with Crippen LogP contribution in [-0.2, 0) is 9.53 Å². The van der Waals surface area contributed by atoms with Crippen molar-refractivity contribution in [2.24, 2.45) is 0 Å². The molecule has 1 fully saturated rings. The Morgan fingerprint density at radius 1 is 1.33 bits per heavy atom. The van der Waals surface area contributed by atoms with Crippen molar-refractivity contribution in [2.45, 2.75) is 45.5 Å². The van der Waals surface area contributed by atoms with Crippen molar-refractivity contribution in [3.05, 3.63) is 34.9 Å². The molecule has 1 heterocycles. The second kappa shape index (κ2) is 7.25. The molecule has 0 bridgehead atoms. The highest BCUT2D eigenvalue weighted by atomic mass is 35.5. The molecule has 0 aliphatic carbocycles. The summed E-state index contributed by atoms with van der Waals surface area (Å²) in [6.45, 7) is 7.22. The lowest BCUT2D eigenvalue weighted by Gasteiger charge is -2.27. The van der Waals surface area contributed by atoms with Gasteiger partial charge in [-0.3, -0.25) is 10.1 Å². The predicted molar refractivity (Wildman–Crippen MR) is 84.2 cm³/mol. The van der Waals surface area contributed by atoms with E-state index in [-0.39, 0.29) is 24.2 Å². The fourth-order valence-electron chi connectivity index (χ4n) is 2.70. The second-order valence-electron chi connectivity index (χ2n) is 5.34. The average molecular weight is 311 g/mol. The first-order valence-corrected chi connectivity index (χ1v) is 7.88. The molecule has 21 heavy (non-hydrogen) atoms. The van der Waals surface area contributed by atoms with Crippen LogP contribution in [0.1, 0.15) is 38.9 Å². The summed E-state index contributed by atoms with van der Waals surface area (Å²) >= 11 is 5.94. The van der Waals surface area contributed by atoms with Gasteiger partial charge in [0.25, 0.3) is 0 Å². The highest BCUT2D eigenvalue weighted by Crippen LogP contribution is 2.27. The van der Waals surface area contributed by atoms with Crippen molar-refractivity contribution in [1.82, 2.24) is 10.2 Å². The van der Waals surface area contributed by atoms with E-state index in [1.807, 2.05) is 49.9 Å². The maximum Gasteiger partial charge on any atom is 0.241 e. The van der Waals surface area contributed by atoms with E-state index in [0.717, 1.165) is 12.0 Å². The summed E-state index contributed by atoms with van der Waals surface area (Å²) in [5.41, 5.74) is 1.05. The number of amides is 1. The number of nitrogens with zero attached hydrogens (tertiary/aromatic N) is 1. The summed E-state index contributed by atoms with van der Waals surface area (Å²) in [5, 5.41) is 4.10. The van der Waals surface area contributed by atoms with Crippen LogP contribution >= 0.6 is 11.6 Å². The molecule has 0 spiro atoms. The largest absolute Gasteiger partial charge is 0.377 e. The zero-order valence-electron chi connectivity index (χ0n) is 12.8. The maximum atomic E-state index is 12.5. The maximum absolute atomic E-state index is 12.5. The number of carbonyl (C=O) groups is 1. The van der Waals surface area contributed by atoms with Crippen LogP contribution in [0.25, 0.3) is 0 Å². The molecule has 0 saturated carbocycles. The van der Waals surface area contributed by atoms with Gasteiger partial charge in [0, 0.05) is 18.2 Å². The molecule has 2 rings (SSSR count). The summed E-state index contributed by atoms with van der Waals surface area (Å²) in [5.74, 6) is 0.143. The van der Waals surface area contributed by atoms with Crippen LogP contribution < -0.4 is 5.32 Å². The summed E-state index contributed by atoms with van der Waals surface area (Å²) in [4.78, 5) is 14.4. The van der Waals surface area contributed by atoms with Crippen LogP contribution in [0, 0.1) is 0 Å². The van der Waals surface area contributed by atoms with E-state index >= 15 is 0 Å². The van der Waals surface area contributed by atoms with Gasteiger partial charge in [-0.05, 0) is 38.0 Å². The number of halogens is 1. The monoisotopic (exact) mass is 310 g/mol. The van der Waals surface area contributed by atoms with E-state index in [4.69, 9.17) is 16.3 Å². The van der Waals surface area contributed by atoms with Crippen LogP contribution in [0.4, 0.5) is 0 Å². The number of nitrogens with one attached hydrogen (secondary N) is 1. The van der Waals surface area contributed by atoms with Crippen molar-refractivity contribution < 1.29 is 9.53 Å². The standard InChI is InChI=1S/C16H23ClN2O2/c1-4-14-16(20)19(10-11(3)21-5-2)15(18-14)12-6-8-13(17)9-7-12/h6-9,11,14-15,18H,4-5,10H2,1-3H3. The number of hydrogen-bond acceptors (Lipinski definition) is 3. The fourth-order valence-corrected chi connectivity index (χ4v) is 2.83. The van der Waals surface area contributed by atoms with E-state index < -0.39 is 0 Å². The Labute approximate surface area is 131 Å². The lowest BCUT2D eigenvalue weighted by Crippen LogP contribution is -2.37. The zero-order chi connectivity index (χ0) is 15.4. The van der Waals surface area contributed by atoms with Crippen molar-refractivity contribution in [3.8, 4) is 0 Å². The Bertz CT molecular complexity index is 478. The number of benzene rings is 1. The van der Waals surface area contributed by atoms with Gasteiger partial charge in [0.2, 0.25) is 5.91 Å². The molecule has 1 amide bonds. The van der Waals surface area contributed by atoms with E-state index in [9.17, 15) is 4.79 Å². The third kappa shape index (κ3) is 3.76. The molecule has 3 unspecified atom stereocenters. The lowest BCUT2D eigenvalue weighted by atomic mass is 10.1. The van der Waals surface area contributed by atoms with E-state index in [1.54, 1.807) is 0 Å². The minimum Gasteiger partial charge on any atom is -0.377 e. The Morgan fingerprint density at radius 3 is 2.57 bits per heavy atom. The Balaban J connectivity index is 2.19. The predicted octanol–water partition coefficient (Wildman–Crippen LogP) is 2.97. The first kappa shape index (κ1) is 16.3. The number of ether oxygens (including phenoxy) is 1. The molecule has 1 aromatic carbocycles. The Morgan fingerprint density at radius 2 is 2.00 bits per heavy atom. The smallest absolute Gasteiger partial charge is 0.241 e. The van der Waals surface area contributed by atoms with E-state index in [1.165, 1.54) is 0 Å². The molecule has 4 nitrogen and oxygen atoms in total. The first-order chi connectivity index (χ1) is 10.1. The fraction of sp³-hybridized carbons (Fsp3) is 0.562. The highest BCUT2D eigenvalue weighted by Gasteiger charge is 2.39. The van der Waals surface area contributed by atoms with Crippen LogP contribution in [0.3, 0.4) is 0 Å². The van der Waals surface area contributed by atoms with Gasteiger partial charge in [-0.25, -0.2) is 0 Å². The summed E-state index contributed by atoms with van der Waals surface area (Å²) in [6, 6.07) is 7.51. The summed E-state index contributed by atoms with van der Waals surface area (Å²) in [7, 11) is 0. The van der Waals surface area contributed by atoms with Gasteiger partial charge in [-0.2, -0.15) is 0 Å². The quantitative estimate of drug-likeness (QED) is 0.878. The Hall–Kier alpha value is -1.10. The molecular weight excluding hydrogens is 288 g/mol. The molecule has 0 aromatic heterocycles. The van der Waals surface area contributed by atoms with Gasteiger partial charge >= 0.3 is 0 Å². The summed E-state index contributed by atoms with van der Waals surface area (Å²) < 4.78 is 5.58. The molecule has 1 N–H and O–H groups in total. The van der Waals surface area contributed by atoms with Gasteiger partial charge in [0.1, 0.15) is 6.17 Å². The van der Waals surface area contributed by atoms with Crippen molar-refractivity contribution in [2.75, 3.05) is 13.2 Å². The van der Waals surface area contributed by atoms with Crippen LogP contribution in [0.2, 0.25) is 5.02 Å². The minimum atomic E-state index is -0.125. The molecule has 5 heteroatoms. The van der Waals surface area contributed by atoms with Gasteiger partial charge in [0.05, 0.1) is 12.1 Å². The average Bonchev–Trinajstić information content (AvgIpc) is 2.77. The first-order valence-electron chi connectivity index (χ1n) is 7.50. The van der Waals surface area contributed by atoms with Crippen LogP contribution in [0.5, 0.6) is 0 Å². The third-order valence-corrected chi connectivity index (χ3v) is 4.00. The van der Waals surface area contributed by atoms with Gasteiger partial charge in [-0.1, -0.05) is 30.7 Å². The van der Waals surface area contributed by atoms with Crippen molar-refractivity contribution in [1.29, 1.82) is 0 Å². The number of rotatable bonds is 6. The summed E-state index contributed by atoms with van der Waals surface area (Å²) in [6.07, 6.45) is 0.691. The molecule has 1 aromatic rings. The highest BCUT2D eigenvalue weighted by molar-refractivity contribution is 6.30. The zero-order valence-corrected chi connectivity index (χ0v) is 13.6. The third-order valence-electron chi connectivity index (χ3n) is 3.75. The molecule has 0 radical (unpaired) electrons. The van der Waals surface area contributed by atoms with E-state index in [2.05, 4.69) is 5.32 Å². The molecule has 3 atom stereocenters. The Kier molecular flexibility index (Phi) is 5.62. The normalized spacial score (nSPS) is 23.6. The van der Waals surface area contributed by atoms with Crippen LogP contribution in [-0.4, -0.2) is 36.1 Å². The van der Waals surface area contributed by atoms with Crippen molar-refractivity contribution in [3.63, 3.8) is 0 Å². The number of hydrogen-bond donors (Lipinski definition) is 1. The van der Waals surface area contributed by atoms with Gasteiger partial charge in [0.15, 0.2) is 0 Å². The minimum absolute atomic E-state index is 0.0196. The molecule has 1 aliphatic rings.